The van der Waals surface area contributed by atoms with E-state index in [4.69, 9.17) is 0 Å². The third-order valence-electron chi connectivity index (χ3n) is 4.41. The van der Waals surface area contributed by atoms with E-state index in [0.717, 1.165) is 31.1 Å². The summed E-state index contributed by atoms with van der Waals surface area (Å²) < 4.78 is 1.51. The number of amides is 1. The van der Waals surface area contributed by atoms with Gasteiger partial charge < -0.3 is 10.2 Å². The Morgan fingerprint density at radius 3 is 3.00 bits per heavy atom. The molecule has 1 atom stereocenters. The minimum atomic E-state index is -0.406. The molecule has 1 fully saturated rings. The van der Waals surface area contributed by atoms with Gasteiger partial charge in [-0.3, -0.25) is 9.59 Å². The second-order valence-corrected chi connectivity index (χ2v) is 8.12. The third kappa shape index (κ3) is 4.18. The van der Waals surface area contributed by atoms with E-state index < -0.39 is 5.56 Å². The van der Waals surface area contributed by atoms with Crippen LogP contribution in [0.5, 0.6) is 0 Å². The number of piperidine rings is 1. The zero-order valence-corrected chi connectivity index (χ0v) is 15.8. The molecule has 0 bridgehead atoms. The lowest BCUT2D eigenvalue weighted by Crippen LogP contribution is -2.34. The molecule has 0 saturated carbocycles. The molecule has 25 heavy (non-hydrogen) atoms. The van der Waals surface area contributed by atoms with Crippen LogP contribution >= 0.6 is 11.3 Å². The highest BCUT2D eigenvalue weighted by Crippen LogP contribution is 2.27. The van der Waals surface area contributed by atoms with Gasteiger partial charge in [0.2, 0.25) is 10.1 Å². The molecular formula is C17H25N5O2S. The second-order valence-electron chi connectivity index (χ2n) is 7.19. The monoisotopic (exact) mass is 363 g/mol. The van der Waals surface area contributed by atoms with Gasteiger partial charge >= 0.3 is 0 Å². The summed E-state index contributed by atoms with van der Waals surface area (Å²) in [6.45, 7) is 8.91. The zero-order valence-electron chi connectivity index (χ0n) is 15.0. The molecule has 0 aromatic carbocycles. The molecule has 2 aromatic rings. The van der Waals surface area contributed by atoms with E-state index in [1.165, 1.54) is 28.3 Å². The second kappa shape index (κ2) is 7.51. The van der Waals surface area contributed by atoms with E-state index in [0.29, 0.717) is 23.3 Å². The van der Waals surface area contributed by atoms with Crippen molar-refractivity contribution in [1.82, 2.24) is 19.9 Å². The molecule has 0 radical (unpaired) electrons. The molecule has 3 heterocycles. The number of nitrogens with zero attached hydrogens (tertiary/aromatic N) is 4. The van der Waals surface area contributed by atoms with E-state index in [9.17, 15) is 9.59 Å². The van der Waals surface area contributed by atoms with Crippen LogP contribution in [0.25, 0.3) is 4.96 Å². The predicted molar refractivity (Wildman–Crippen MR) is 99.5 cm³/mol. The Bertz CT molecular complexity index is 813. The number of anilines is 1. The Morgan fingerprint density at radius 2 is 2.28 bits per heavy atom. The van der Waals surface area contributed by atoms with E-state index in [-0.39, 0.29) is 11.6 Å². The van der Waals surface area contributed by atoms with Gasteiger partial charge in [-0.15, -0.1) is 5.10 Å². The Hall–Kier alpha value is -1.96. The first-order valence-electron chi connectivity index (χ1n) is 8.88. The molecule has 1 N–H and O–H groups in total. The highest BCUT2D eigenvalue weighted by atomic mass is 32.1. The van der Waals surface area contributed by atoms with Gasteiger partial charge in [0.15, 0.2) is 0 Å². The van der Waals surface area contributed by atoms with Gasteiger partial charge in [-0.2, -0.15) is 9.50 Å². The number of rotatable bonds is 5. The Labute approximate surface area is 151 Å². The van der Waals surface area contributed by atoms with Gasteiger partial charge in [0, 0.05) is 25.7 Å². The summed E-state index contributed by atoms with van der Waals surface area (Å²) in [7, 11) is 0. The minimum absolute atomic E-state index is 0.256. The van der Waals surface area contributed by atoms with Crippen LogP contribution in [0.2, 0.25) is 0 Å². The standard InChI is InChI=1S/C17H25N5O2S/c1-11(2)6-7-18-15(24)13-9-14(23)19-16-22(13)20-17(25-16)21-8-4-5-12(3)10-21/h9,11-12H,4-8,10H2,1-3H3,(H,18,24)/t12-/m0/s1. The van der Waals surface area contributed by atoms with Gasteiger partial charge in [0.1, 0.15) is 5.69 Å². The number of aromatic nitrogens is 3. The number of fused-ring (bicyclic) bond motifs is 1. The largest absolute Gasteiger partial charge is 0.351 e. The number of hydrogen-bond donors (Lipinski definition) is 1. The molecule has 2 aromatic heterocycles. The number of hydrogen-bond acceptors (Lipinski definition) is 6. The van der Waals surface area contributed by atoms with Gasteiger partial charge in [0.25, 0.3) is 11.5 Å². The van der Waals surface area contributed by atoms with Crippen molar-refractivity contribution < 1.29 is 4.79 Å². The summed E-state index contributed by atoms with van der Waals surface area (Å²) in [6, 6.07) is 1.26. The van der Waals surface area contributed by atoms with E-state index in [2.05, 4.69) is 41.1 Å². The quantitative estimate of drug-likeness (QED) is 0.881. The lowest BCUT2D eigenvalue weighted by Gasteiger charge is -2.30. The molecule has 7 nitrogen and oxygen atoms in total. The van der Waals surface area contributed by atoms with Crippen molar-refractivity contribution in [1.29, 1.82) is 0 Å². The summed E-state index contributed by atoms with van der Waals surface area (Å²) in [5, 5.41) is 8.27. The topological polar surface area (TPSA) is 79.6 Å². The van der Waals surface area contributed by atoms with Crippen LogP contribution in [-0.4, -0.2) is 40.1 Å². The van der Waals surface area contributed by atoms with E-state index in [1.807, 2.05) is 0 Å². The van der Waals surface area contributed by atoms with Crippen LogP contribution in [0, 0.1) is 11.8 Å². The first-order chi connectivity index (χ1) is 11.9. The molecule has 1 aliphatic heterocycles. The average Bonchev–Trinajstić information content (AvgIpc) is 2.97. The maximum absolute atomic E-state index is 12.5. The van der Waals surface area contributed by atoms with Crippen LogP contribution in [-0.2, 0) is 0 Å². The Morgan fingerprint density at radius 1 is 1.48 bits per heavy atom. The Kier molecular flexibility index (Phi) is 5.36. The highest BCUT2D eigenvalue weighted by Gasteiger charge is 2.22. The average molecular weight is 363 g/mol. The molecule has 3 rings (SSSR count). The minimum Gasteiger partial charge on any atom is -0.351 e. The van der Waals surface area contributed by atoms with Crippen LogP contribution < -0.4 is 15.8 Å². The normalized spacial score (nSPS) is 18.1. The molecule has 1 aliphatic rings. The molecular weight excluding hydrogens is 338 g/mol. The fraction of sp³-hybridized carbons (Fsp3) is 0.647. The summed E-state index contributed by atoms with van der Waals surface area (Å²) >= 11 is 1.37. The fourth-order valence-electron chi connectivity index (χ4n) is 3.02. The Balaban J connectivity index is 1.88. The summed E-state index contributed by atoms with van der Waals surface area (Å²) in [4.78, 5) is 31.1. The maximum atomic E-state index is 12.5. The maximum Gasteiger partial charge on any atom is 0.274 e. The fourth-order valence-corrected chi connectivity index (χ4v) is 3.96. The SMILES string of the molecule is CC(C)CCNC(=O)c1cc(=O)nc2sc(N3CCC[C@H](C)C3)nn12. The lowest BCUT2D eigenvalue weighted by molar-refractivity contribution is 0.0944. The van der Waals surface area contributed by atoms with E-state index in [1.54, 1.807) is 0 Å². The van der Waals surface area contributed by atoms with Crippen molar-refractivity contribution in [2.75, 3.05) is 24.5 Å². The smallest absolute Gasteiger partial charge is 0.274 e. The number of nitrogens with one attached hydrogen (secondary N) is 1. The summed E-state index contributed by atoms with van der Waals surface area (Å²) in [5.74, 6) is 0.846. The summed E-state index contributed by atoms with van der Waals surface area (Å²) in [5.41, 5.74) is -0.150. The predicted octanol–water partition coefficient (Wildman–Crippen LogP) is 2.16. The van der Waals surface area contributed by atoms with E-state index >= 15 is 0 Å². The molecule has 0 aliphatic carbocycles. The molecule has 0 unspecified atom stereocenters. The van der Waals surface area contributed by atoms with Crippen LogP contribution in [0.3, 0.4) is 0 Å². The molecule has 1 amide bonds. The molecule has 1 saturated heterocycles. The van der Waals surface area contributed by atoms with Crippen LogP contribution in [0.1, 0.15) is 50.5 Å². The van der Waals surface area contributed by atoms with Crippen molar-refractivity contribution in [3.8, 4) is 0 Å². The zero-order chi connectivity index (χ0) is 18.0. The first-order valence-corrected chi connectivity index (χ1v) is 9.69. The van der Waals surface area contributed by atoms with Crippen molar-refractivity contribution in [3.05, 3.63) is 22.1 Å². The lowest BCUT2D eigenvalue weighted by atomic mass is 10.0. The van der Waals surface area contributed by atoms with Gasteiger partial charge in [-0.05, 0) is 31.1 Å². The molecule has 8 heteroatoms. The van der Waals surface area contributed by atoms with Crippen molar-refractivity contribution in [2.24, 2.45) is 11.8 Å². The van der Waals surface area contributed by atoms with Crippen LogP contribution in [0.15, 0.2) is 10.9 Å². The van der Waals surface area contributed by atoms with Crippen molar-refractivity contribution in [2.45, 2.75) is 40.0 Å². The van der Waals surface area contributed by atoms with Gasteiger partial charge in [-0.25, -0.2) is 0 Å². The van der Waals surface area contributed by atoms with Crippen molar-refractivity contribution >= 4 is 27.3 Å². The number of carbonyl (C=O) groups is 1. The first kappa shape index (κ1) is 17.8. The molecule has 136 valence electrons. The molecule has 0 spiro atoms. The highest BCUT2D eigenvalue weighted by molar-refractivity contribution is 7.20. The van der Waals surface area contributed by atoms with Crippen molar-refractivity contribution in [3.63, 3.8) is 0 Å². The van der Waals surface area contributed by atoms with Gasteiger partial charge in [-0.1, -0.05) is 32.1 Å². The van der Waals surface area contributed by atoms with Gasteiger partial charge in [0.05, 0.1) is 0 Å². The van der Waals surface area contributed by atoms with Crippen LogP contribution in [0.4, 0.5) is 5.13 Å². The third-order valence-corrected chi connectivity index (χ3v) is 5.38. The summed E-state index contributed by atoms with van der Waals surface area (Å²) in [6.07, 6.45) is 3.24. The number of carbonyl (C=O) groups excluding carboxylic acids is 1.